The van der Waals surface area contributed by atoms with Crippen molar-refractivity contribution >= 4 is 21.4 Å². The van der Waals surface area contributed by atoms with Crippen LogP contribution in [0.15, 0.2) is 53.4 Å². The molecule has 0 atom stereocenters. The summed E-state index contributed by atoms with van der Waals surface area (Å²) in [7, 11) is -0.709. The predicted octanol–water partition coefficient (Wildman–Crippen LogP) is 2.10. The first kappa shape index (κ1) is 14.2. The highest BCUT2D eigenvalue weighted by molar-refractivity contribution is 7.92. The fraction of sp³-hybridized carbons (Fsp3) is 0.143. The van der Waals surface area contributed by atoms with E-state index < -0.39 is 10.0 Å². The molecule has 0 radical (unpaired) electrons. The van der Waals surface area contributed by atoms with Gasteiger partial charge in [-0.1, -0.05) is 18.2 Å². The molecule has 0 aliphatic rings. The molecular formula is C14H16N2O3S. The fourth-order valence-electron chi connectivity index (χ4n) is 1.80. The Bertz CT molecular complexity index is 700. The lowest BCUT2D eigenvalue weighted by Gasteiger charge is -2.20. The van der Waals surface area contributed by atoms with Crippen LogP contribution < -0.4 is 14.8 Å². The molecule has 2 N–H and O–H groups in total. The molecule has 106 valence electrons. The van der Waals surface area contributed by atoms with Gasteiger partial charge in [0.25, 0.3) is 10.0 Å². The highest BCUT2D eigenvalue weighted by atomic mass is 32.2. The standard InChI is InChI=1S/C14H16N2O3S/c1-16(12-6-4-3-5-7-12)20(17,18)14-9-11(15)8-13(10-14)19-2/h3-10H,15H2,1-2H3. The smallest absolute Gasteiger partial charge is 0.264 e. The van der Waals surface area contributed by atoms with E-state index >= 15 is 0 Å². The van der Waals surface area contributed by atoms with Gasteiger partial charge in [0, 0.05) is 24.9 Å². The Morgan fingerprint density at radius 2 is 1.75 bits per heavy atom. The molecule has 20 heavy (non-hydrogen) atoms. The maximum Gasteiger partial charge on any atom is 0.264 e. The first-order valence-electron chi connectivity index (χ1n) is 5.93. The summed E-state index contributed by atoms with van der Waals surface area (Å²) in [6, 6.07) is 13.3. The van der Waals surface area contributed by atoms with Crippen molar-refractivity contribution in [3.05, 3.63) is 48.5 Å². The summed E-state index contributed by atoms with van der Waals surface area (Å²) < 4.78 is 31.4. The van der Waals surface area contributed by atoms with Gasteiger partial charge < -0.3 is 10.5 Å². The van der Waals surface area contributed by atoms with E-state index in [0.717, 1.165) is 0 Å². The molecule has 0 unspecified atom stereocenters. The van der Waals surface area contributed by atoms with E-state index in [9.17, 15) is 8.42 Å². The molecule has 2 rings (SSSR count). The van der Waals surface area contributed by atoms with Crippen molar-refractivity contribution in [1.82, 2.24) is 0 Å². The predicted molar refractivity (Wildman–Crippen MR) is 79.4 cm³/mol. The molecule has 5 nitrogen and oxygen atoms in total. The third-order valence-corrected chi connectivity index (χ3v) is 4.68. The van der Waals surface area contributed by atoms with Crippen LogP contribution in [0.1, 0.15) is 0 Å². The summed E-state index contributed by atoms with van der Waals surface area (Å²) in [5, 5.41) is 0. The summed E-state index contributed by atoms with van der Waals surface area (Å²) in [6.45, 7) is 0. The molecule has 0 amide bonds. The summed E-state index contributed by atoms with van der Waals surface area (Å²) in [5.74, 6) is 0.407. The number of rotatable bonds is 4. The summed E-state index contributed by atoms with van der Waals surface area (Å²) in [4.78, 5) is 0.0979. The molecule has 0 spiro atoms. The zero-order valence-electron chi connectivity index (χ0n) is 11.3. The molecular weight excluding hydrogens is 276 g/mol. The Balaban J connectivity index is 2.48. The highest BCUT2D eigenvalue weighted by Crippen LogP contribution is 2.26. The van der Waals surface area contributed by atoms with Gasteiger partial charge >= 0.3 is 0 Å². The molecule has 0 fully saturated rings. The quantitative estimate of drug-likeness (QED) is 0.876. The van der Waals surface area contributed by atoms with Crippen molar-refractivity contribution in [2.75, 3.05) is 24.2 Å². The minimum absolute atomic E-state index is 0.0979. The van der Waals surface area contributed by atoms with Gasteiger partial charge in [-0.05, 0) is 18.2 Å². The minimum Gasteiger partial charge on any atom is -0.497 e. The van der Waals surface area contributed by atoms with Gasteiger partial charge in [-0.15, -0.1) is 0 Å². The Hall–Kier alpha value is -2.21. The molecule has 0 saturated heterocycles. The Morgan fingerprint density at radius 3 is 2.35 bits per heavy atom. The Kier molecular flexibility index (Phi) is 3.85. The number of anilines is 2. The topological polar surface area (TPSA) is 72.6 Å². The molecule has 0 aliphatic carbocycles. The minimum atomic E-state index is -3.67. The summed E-state index contributed by atoms with van der Waals surface area (Å²) in [5.41, 5.74) is 6.62. The number of para-hydroxylation sites is 1. The van der Waals surface area contributed by atoms with E-state index in [1.165, 1.54) is 30.6 Å². The Morgan fingerprint density at radius 1 is 1.10 bits per heavy atom. The molecule has 2 aromatic carbocycles. The molecule has 0 saturated carbocycles. The van der Waals surface area contributed by atoms with Crippen LogP contribution in [0.3, 0.4) is 0 Å². The van der Waals surface area contributed by atoms with E-state index in [1.54, 1.807) is 30.3 Å². The van der Waals surface area contributed by atoms with Gasteiger partial charge in [0.05, 0.1) is 17.7 Å². The van der Waals surface area contributed by atoms with Crippen LogP contribution in [0, 0.1) is 0 Å². The van der Waals surface area contributed by atoms with Crippen LogP contribution in [-0.2, 0) is 10.0 Å². The number of hydrogen-bond donors (Lipinski definition) is 1. The second kappa shape index (κ2) is 5.42. The first-order chi connectivity index (χ1) is 9.45. The number of nitrogen functional groups attached to an aromatic ring is 1. The highest BCUT2D eigenvalue weighted by Gasteiger charge is 2.22. The van der Waals surface area contributed by atoms with E-state index in [2.05, 4.69) is 0 Å². The van der Waals surface area contributed by atoms with E-state index in [4.69, 9.17) is 10.5 Å². The van der Waals surface area contributed by atoms with E-state index in [1.807, 2.05) is 6.07 Å². The molecule has 0 aromatic heterocycles. The zero-order valence-corrected chi connectivity index (χ0v) is 12.1. The van der Waals surface area contributed by atoms with Gasteiger partial charge in [0.1, 0.15) is 5.75 Å². The SMILES string of the molecule is COc1cc(N)cc(S(=O)(=O)N(C)c2ccccc2)c1. The lowest BCUT2D eigenvalue weighted by Crippen LogP contribution is -2.26. The van der Waals surface area contributed by atoms with Crippen molar-refractivity contribution in [3.8, 4) is 5.75 Å². The van der Waals surface area contributed by atoms with Crippen LogP contribution in [0.4, 0.5) is 11.4 Å². The average molecular weight is 292 g/mol. The van der Waals surface area contributed by atoms with Crippen LogP contribution in [0.5, 0.6) is 5.75 Å². The first-order valence-corrected chi connectivity index (χ1v) is 7.37. The van der Waals surface area contributed by atoms with Crippen LogP contribution >= 0.6 is 0 Å². The lowest BCUT2D eigenvalue weighted by atomic mass is 10.3. The van der Waals surface area contributed by atoms with Crippen molar-refractivity contribution in [2.24, 2.45) is 0 Å². The second-order valence-electron chi connectivity index (χ2n) is 4.25. The van der Waals surface area contributed by atoms with E-state index in [0.29, 0.717) is 17.1 Å². The number of hydrogen-bond acceptors (Lipinski definition) is 4. The second-order valence-corrected chi connectivity index (χ2v) is 6.22. The van der Waals surface area contributed by atoms with Gasteiger partial charge in [-0.2, -0.15) is 0 Å². The number of nitrogens with zero attached hydrogens (tertiary/aromatic N) is 1. The normalized spacial score (nSPS) is 11.1. The number of methoxy groups -OCH3 is 1. The zero-order chi connectivity index (χ0) is 14.8. The molecule has 0 heterocycles. The van der Waals surface area contributed by atoms with Crippen LogP contribution in [0.25, 0.3) is 0 Å². The molecule has 0 aliphatic heterocycles. The number of ether oxygens (including phenoxy) is 1. The summed E-state index contributed by atoms with van der Waals surface area (Å²) in [6.07, 6.45) is 0. The van der Waals surface area contributed by atoms with Crippen molar-refractivity contribution < 1.29 is 13.2 Å². The van der Waals surface area contributed by atoms with Crippen molar-refractivity contribution in [1.29, 1.82) is 0 Å². The molecule has 2 aromatic rings. The largest absolute Gasteiger partial charge is 0.497 e. The number of sulfonamides is 1. The average Bonchev–Trinajstić information content (AvgIpc) is 2.46. The summed E-state index contributed by atoms with van der Waals surface area (Å²) >= 11 is 0. The van der Waals surface area contributed by atoms with Gasteiger partial charge in [0.2, 0.25) is 0 Å². The maximum absolute atomic E-state index is 12.6. The Labute approximate surface area is 118 Å². The van der Waals surface area contributed by atoms with Crippen LogP contribution in [-0.4, -0.2) is 22.6 Å². The van der Waals surface area contributed by atoms with Gasteiger partial charge in [-0.3, -0.25) is 4.31 Å². The number of nitrogens with two attached hydrogens (primary N) is 1. The monoisotopic (exact) mass is 292 g/mol. The lowest BCUT2D eigenvalue weighted by molar-refractivity contribution is 0.413. The fourth-order valence-corrected chi connectivity index (χ4v) is 3.06. The third-order valence-electron chi connectivity index (χ3n) is 2.92. The van der Waals surface area contributed by atoms with Gasteiger partial charge in [0.15, 0.2) is 0 Å². The van der Waals surface area contributed by atoms with Crippen LogP contribution in [0.2, 0.25) is 0 Å². The maximum atomic E-state index is 12.6. The molecule has 6 heteroatoms. The molecule has 0 bridgehead atoms. The van der Waals surface area contributed by atoms with Gasteiger partial charge in [-0.25, -0.2) is 8.42 Å². The van der Waals surface area contributed by atoms with Crippen molar-refractivity contribution in [3.63, 3.8) is 0 Å². The third kappa shape index (κ3) is 2.70. The van der Waals surface area contributed by atoms with Crippen molar-refractivity contribution in [2.45, 2.75) is 4.90 Å². The number of benzene rings is 2. The van der Waals surface area contributed by atoms with E-state index in [-0.39, 0.29) is 4.90 Å².